The molecule has 2 atom stereocenters. The van der Waals surface area contributed by atoms with Gasteiger partial charge in [-0.05, 0) is 39.4 Å². The van der Waals surface area contributed by atoms with E-state index in [4.69, 9.17) is 4.42 Å². The van der Waals surface area contributed by atoms with Gasteiger partial charge in [-0.2, -0.15) is 0 Å². The van der Waals surface area contributed by atoms with E-state index in [9.17, 15) is 5.11 Å². The highest BCUT2D eigenvalue weighted by Gasteiger charge is 2.32. The third-order valence-electron chi connectivity index (χ3n) is 4.85. The molecular weight excluding hydrogens is 302 g/mol. The third-order valence-corrected chi connectivity index (χ3v) is 4.85. The molecule has 1 aromatic heterocycles. The van der Waals surface area contributed by atoms with Gasteiger partial charge in [-0.1, -0.05) is 30.3 Å². The van der Waals surface area contributed by atoms with Crippen LogP contribution in [-0.4, -0.2) is 52.6 Å². The Morgan fingerprint density at radius 1 is 1.38 bits per heavy atom. The predicted molar refractivity (Wildman–Crippen MR) is 93.6 cm³/mol. The molecule has 5 heteroatoms. The highest BCUT2D eigenvalue weighted by Crippen LogP contribution is 2.25. The standard InChI is InChI=1S/C19H27N3O2/c1-15-11-20-18(24-15)13-21(3)17-9-10-22(12-17)14-19(2,23)16-7-5-4-6-8-16/h4-8,11,17,23H,9-10,12-14H2,1-3H3/t17-,19-/m1/s1. The van der Waals surface area contributed by atoms with Gasteiger partial charge in [-0.3, -0.25) is 9.80 Å². The van der Waals surface area contributed by atoms with E-state index in [2.05, 4.69) is 21.8 Å². The summed E-state index contributed by atoms with van der Waals surface area (Å²) in [5, 5.41) is 10.8. The Labute approximate surface area is 143 Å². The van der Waals surface area contributed by atoms with E-state index < -0.39 is 5.60 Å². The molecule has 1 N–H and O–H groups in total. The Kier molecular flexibility index (Phi) is 5.04. The molecule has 2 heterocycles. The minimum Gasteiger partial charge on any atom is -0.445 e. The molecule has 0 spiro atoms. The lowest BCUT2D eigenvalue weighted by Gasteiger charge is -2.30. The van der Waals surface area contributed by atoms with Crippen LogP contribution >= 0.6 is 0 Å². The SMILES string of the molecule is Cc1cnc(CN(C)[C@@H]2CCN(C[C@@](C)(O)c3ccccc3)C2)o1. The van der Waals surface area contributed by atoms with Crippen LogP contribution in [0.2, 0.25) is 0 Å². The van der Waals surface area contributed by atoms with Gasteiger partial charge in [0.2, 0.25) is 5.89 Å². The van der Waals surface area contributed by atoms with E-state index in [-0.39, 0.29) is 0 Å². The summed E-state index contributed by atoms with van der Waals surface area (Å²) in [5.41, 5.74) is 0.145. The lowest BCUT2D eigenvalue weighted by Crippen LogP contribution is -2.40. The molecule has 24 heavy (non-hydrogen) atoms. The van der Waals surface area contributed by atoms with Crippen LogP contribution in [0.3, 0.4) is 0 Å². The van der Waals surface area contributed by atoms with Gasteiger partial charge in [-0.15, -0.1) is 0 Å². The second kappa shape index (κ2) is 7.05. The zero-order chi connectivity index (χ0) is 17.2. The molecule has 1 aliphatic rings. The average Bonchev–Trinajstić information content (AvgIpc) is 3.17. The van der Waals surface area contributed by atoms with Crippen LogP contribution in [0.1, 0.15) is 30.6 Å². The molecule has 2 aromatic rings. The fourth-order valence-electron chi connectivity index (χ4n) is 3.46. The maximum atomic E-state index is 10.8. The number of aryl methyl sites for hydroxylation is 1. The topological polar surface area (TPSA) is 52.7 Å². The van der Waals surface area contributed by atoms with Gasteiger partial charge >= 0.3 is 0 Å². The number of likely N-dealkylation sites (tertiary alicyclic amines) is 1. The molecule has 1 fully saturated rings. The van der Waals surface area contributed by atoms with Crippen LogP contribution in [0.15, 0.2) is 40.9 Å². The number of hydrogen-bond acceptors (Lipinski definition) is 5. The van der Waals surface area contributed by atoms with Crippen LogP contribution < -0.4 is 0 Å². The van der Waals surface area contributed by atoms with Crippen molar-refractivity contribution in [2.75, 3.05) is 26.7 Å². The number of oxazole rings is 1. The van der Waals surface area contributed by atoms with Crippen LogP contribution in [0.5, 0.6) is 0 Å². The first-order valence-corrected chi connectivity index (χ1v) is 8.56. The molecule has 0 saturated carbocycles. The third kappa shape index (κ3) is 4.04. The minimum atomic E-state index is -0.825. The Morgan fingerprint density at radius 2 is 2.12 bits per heavy atom. The van der Waals surface area contributed by atoms with E-state index in [1.165, 1.54) is 0 Å². The molecule has 130 valence electrons. The normalized spacial score (nSPS) is 21.3. The van der Waals surface area contributed by atoms with Gasteiger partial charge in [0, 0.05) is 19.1 Å². The zero-order valence-corrected chi connectivity index (χ0v) is 14.8. The number of nitrogens with zero attached hydrogens (tertiary/aromatic N) is 3. The Bertz CT molecular complexity index is 654. The van der Waals surface area contributed by atoms with Crippen molar-refractivity contribution in [2.24, 2.45) is 0 Å². The quantitative estimate of drug-likeness (QED) is 0.882. The zero-order valence-electron chi connectivity index (χ0n) is 14.8. The van der Waals surface area contributed by atoms with Crippen LogP contribution in [-0.2, 0) is 12.1 Å². The molecule has 3 rings (SSSR count). The first-order valence-electron chi connectivity index (χ1n) is 8.56. The molecular formula is C19H27N3O2. The number of rotatable bonds is 6. The summed E-state index contributed by atoms with van der Waals surface area (Å²) in [4.78, 5) is 8.92. The summed E-state index contributed by atoms with van der Waals surface area (Å²) in [5.74, 6) is 1.62. The van der Waals surface area contributed by atoms with Gasteiger partial charge in [0.25, 0.3) is 0 Å². The summed E-state index contributed by atoms with van der Waals surface area (Å²) in [6.45, 7) is 7.15. The Morgan fingerprint density at radius 3 is 2.79 bits per heavy atom. The Balaban J connectivity index is 1.55. The molecule has 1 aliphatic heterocycles. The van der Waals surface area contributed by atoms with Gasteiger partial charge in [0.15, 0.2) is 0 Å². The molecule has 1 aromatic carbocycles. The number of aliphatic hydroxyl groups is 1. The van der Waals surface area contributed by atoms with Crippen LogP contribution in [0.4, 0.5) is 0 Å². The summed E-state index contributed by atoms with van der Waals surface area (Å²) >= 11 is 0. The fourth-order valence-corrected chi connectivity index (χ4v) is 3.46. The Hall–Kier alpha value is -1.69. The van der Waals surface area contributed by atoms with Crippen LogP contribution in [0, 0.1) is 6.92 Å². The van der Waals surface area contributed by atoms with E-state index in [0.29, 0.717) is 12.6 Å². The summed E-state index contributed by atoms with van der Waals surface area (Å²) in [6.07, 6.45) is 2.86. The second-order valence-corrected chi connectivity index (χ2v) is 7.10. The highest BCUT2D eigenvalue weighted by molar-refractivity contribution is 5.21. The monoisotopic (exact) mass is 329 g/mol. The van der Waals surface area contributed by atoms with Gasteiger partial charge < -0.3 is 9.52 Å². The molecule has 0 radical (unpaired) electrons. The predicted octanol–water partition coefficient (Wildman–Crippen LogP) is 2.40. The number of aromatic nitrogens is 1. The molecule has 0 bridgehead atoms. The average molecular weight is 329 g/mol. The number of benzene rings is 1. The van der Waals surface area contributed by atoms with Crippen molar-refractivity contribution in [2.45, 2.75) is 38.5 Å². The molecule has 0 aliphatic carbocycles. The van der Waals surface area contributed by atoms with Crippen molar-refractivity contribution in [3.05, 3.63) is 53.7 Å². The van der Waals surface area contributed by atoms with Gasteiger partial charge in [0.1, 0.15) is 5.76 Å². The lowest BCUT2D eigenvalue weighted by molar-refractivity contribution is 0.0207. The number of hydrogen-bond donors (Lipinski definition) is 1. The van der Waals surface area contributed by atoms with Crippen molar-refractivity contribution in [3.8, 4) is 0 Å². The molecule has 0 unspecified atom stereocenters. The number of β-amino-alcohol motifs (C(OH)–C–C–N with tert-alkyl or cyclic N) is 1. The molecule has 1 saturated heterocycles. The van der Waals surface area contributed by atoms with E-state index in [0.717, 1.165) is 43.3 Å². The highest BCUT2D eigenvalue weighted by atomic mass is 16.4. The van der Waals surface area contributed by atoms with Crippen molar-refractivity contribution in [3.63, 3.8) is 0 Å². The second-order valence-electron chi connectivity index (χ2n) is 7.10. The molecule has 0 amide bonds. The maximum absolute atomic E-state index is 10.8. The smallest absolute Gasteiger partial charge is 0.208 e. The van der Waals surface area contributed by atoms with Crippen molar-refractivity contribution in [1.82, 2.24) is 14.8 Å². The van der Waals surface area contributed by atoms with Gasteiger partial charge in [0.05, 0.1) is 18.3 Å². The van der Waals surface area contributed by atoms with Crippen molar-refractivity contribution < 1.29 is 9.52 Å². The maximum Gasteiger partial charge on any atom is 0.208 e. The van der Waals surface area contributed by atoms with Crippen LogP contribution in [0.25, 0.3) is 0 Å². The molecule has 5 nitrogen and oxygen atoms in total. The fraction of sp³-hybridized carbons (Fsp3) is 0.526. The first-order chi connectivity index (χ1) is 11.4. The first kappa shape index (κ1) is 17.1. The largest absolute Gasteiger partial charge is 0.445 e. The summed E-state index contributed by atoms with van der Waals surface area (Å²) < 4.78 is 5.57. The summed E-state index contributed by atoms with van der Waals surface area (Å²) in [6, 6.07) is 10.4. The van der Waals surface area contributed by atoms with E-state index in [1.54, 1.807) is 6.20 Å². The van der Waals surface area contributed by atoms with Crippen molar-refractivity contribution in [1.29, 1.82) is 0 Å². The van der Waals surface area contributed by atoms with Crippen molar-refractivity contribution >= 4 is 0 Å². The van der Waals surface area contributed by atoms with E-state index in [1.807, 2.05) is 44.2 Å². The lowest BCUT2D eigenvalue weighted by atomic mass is 9.95. The van der Waals surface area contributed by atoms with E-state index >= 15 is 0 Å². The number of likely N-dealkylation sites (N-methyl/N-ethyl adjacent to an activating group) is 1. The van der Waals surface area contributed by atoms with Gasteiger partial charge in [-0.25, -0.2) is 4.98 Å². The minimum absolute atomic E-state index is 0.462. The summed E-state index contributed by atoms with van der Waals surface area (Å²) in [7, 11) is 2.11.